The monoisotopic (exact) mass is 196 g/mol. The molecule has 0 saturated heterocycles. The Labute approximate surface area is 79.9 Å². The Morgan fingerprint density at radius 2 is 1.86 bits per heavy atom. The molecule has 0 spiro atoms. The Morgan fingerprint density at radius 3 is 2.43 bits per heavy atom. The summed E-state index contributed by atoms with van der Waals surface area (Å²) in [4.78, 5) is 28.4. The summed E-state index contributed by atoms with van der Waals surface area (Å²) in [6.07, 6.45) is 1.32. The average Bonchev–Trinajstić information content (AvgIpc) is 2.01. The van der Waals surface area contributed by atoms with E-state index in [0.29, 0.717) is 0 Å². The third kappa shape index (κ3) is 3.18. The van der Waals surface area contributed by atoms with Crippen molar-refractivity contribution in [3.8, 4) is 11.9 Å². The molecule has 0 aliphatic rings. The van der Waals surface area contributed by atoms with Crippen molar-refractivity contribution in [1.82, 2.24) is 9.97 Å². The normalized spacial score (nSPS) is 9.29. The van der Waals surface area contributed by atoms with Gasteiger partial charge in [0.25, 0.3) is 0 Å². The largest absolute Gasteiger partial charge is 0.407 e. The van der Waals surface area contributed by atoms with Crippen molar-refractivity contribution in [1.29, 1.82) is 0 Å². The highest BCUT2D eigenvalue weighted by molar-refractivity contribution is 5.69. The third-order valence-corrected chi connectivity index (χ3v) is 1.09. The molecule has 0 unspecified atom stereocenters. The Bertz CT molecular complexity index is 333. The lowest BCUT2D eigenvalue weighted by Gasteiger charge is -2.01. The predicted molar refractivity (Wildman–Crippen MR) is 44.7 cm³/mol. The molecule has 0 aliphatic heterocycles. The lowest BCUT2D eigenvalue weighted by Crippen LogP contribution is -2.07. The van der Waals surface area contributed by atoms with Crippen LogP contribution in [0.5, 0.6) is 11.9 Å². The second-order valence-electron chi connectivity index (χ2n) is 2.36. The average molecular weight is 196 g/mol. The van der Waals surface area contributed by atoms with Crippen molar-refractivity contribution < 1.29 is 19.1 Å². The molecule has 0 saturated carbocycles. The minimum Gasteiger partial charge on any atom is -0.407 e. The van der Waals surface area contributed by atoms with Crippen LogP contribution >= 0.6 is 0 Å². The molecule has 0 N–H and O–H groups in total. The summed E-state index contributed by atoms with van der Waals surface area (Å²) in [7, 11) is 0. The van der Waals surface area contributed by atoms with Crippen molar-refractivity contribution in [3.63, 3.8) is 0 Å². The molecule has 0 amide bonds. The minimum absolute atomic E-state index is 0.0451. The maximum atomic E-state index is 10.6. The second kappa shape index (κ2) is 4.31. The molecule has 74 valence electrons. The van der Waals surface area contributed by atoms with Crippen molar-refractivity contribution in [3.05, 3.63) is 12.3 Å². The van der Waals surface area contributed by atoms with Crippen LogP contribution in [0.1, 0.15) is 13.8 Å². The fourth-order valence-corrected chi connectivity index (χ4v) is 0.707. The van der Waals surface area contributed by atoms with E-state index < -0.39 is 11.9 Å². The lowest BCUT2D eigenvalue weighted by atomic mass is 10.6. The Balaban J connectivity index is 2.78. The van der Waals surface area contributed by atoms with E-state index in [0.717, 1.165) is 0 Å². The van der Waals surface area contributed by atoms with E-state index >= 15 is 0 Å². The quantitative estimate of drug-likeness (QED) is 0.634. The van der Waals surface area contributed by atoms with Crippen molar-refractivity contribution in [2.75, 3.05) is 0 Å². The number of ether oxygens (including phenoxy) is 2. The first-order chi connectivity index (χ1) is 6.58. The summed E-state index contributed by atoms with van der Waals surface area (Å²) in [6.45, 7) is 2.47. The van der Waals surface area contributed by atoms with Crippen LogP contribution in [-0.4, -0.2) is 21.9 Å². The van der Waals surface area contributed by atoms with Crippen LogP contribution in [0.2, 0.25) is 0 Å². The zero-order valence-electron chi connectivity index (χ0n) is 7.68. The SMILES string of the molecule is CC(=O)Oc1ccnc(OC(C)=O)n1. The van der Waals surface area contributed by atoms with Crippen LogP contribution in [-0.2, 0) is 9.59 Å². The molecule has 0 bridgehead atoms. The van der Waals surface area contributed by atoms with E-state index in [1.807, 2.05) is 0 Å². The van der Waals surface area contributed by atoms with E-state index in [-0.39, 0.29) is 11.9 Å². The van der Waals surface area contributed by atoms with E-state index in [2.05, 4.69) is 19.4 Å². The zero-order chi connectivity index (χ0) is 10.6. The number of rotatable bonds is 2. The van der Waals surface area contributed by atoms with Crippen molar-refractivity contribution in [2.45, 2.75) is 13.8 Å². The van der Waals surface area contributed by atoms with Crippen molar-refractivity contribution in [2.24, 2.45) is 0 Å². The number of carbonyl (C=O) groups excluding carboxylic acids is 2. The summed E-state index contributed by atoms with van der Waals surface area (Å²) >= 11 is 0. The summed E-state index contributed by atoms with van der Waals surface area (Å²) in [5.41, 5.74) is 0. The van der Waals surface area contributed by atoms with Gasteiger partial charge in [0.05, 0.1) is 0 Å². The van der Waals surface area contributed by atoms with Gasteiger partial charge in [-0.1, -0.05) is 0 Å². The molecule has 14 heavy (non-hydrogen) atoms. The van der Waals surface area contributed by atoms with Crippen LogP contribution in [0, 0.1) is 0 Å². The minimum atomic E-state index is -0.537. The number of carbonyl (C=O) groups is 2. The van der Waals surface area contributed by atoms with E-state index in [1.165, 1.54) is 26.1 Å². The number of hydrogen-bond acceptors (Lipinski definition) is 6. The first-order valence-corrected chi connectivity index (χ1v) is 3.78. The molecular weight excluding hydrogens is 188 g/mol. The van der Waals surface area contributed by atoms with Gasteiger partial charge in [-0.05, 0) is 0 Å². The summed E-state index contributed by atoms with van der Waals surface area (Å²) in [6, 6.07) is 1.24. The summed E-state index contributed by atoms with van der Waals surface area (Å²) in [5.74, 6) is -0.994. The first-order valence-electron chi connectivity index (χ1n) is 3.78. The fraction of sp³-hybridized carbons (Fsp3) is 0.250. The van der Waals surface area contributed by atoms with Gasteiger partial charge in [0.2, 0.25) is 5.88 Å². The molecule has 0 fully saturated rings. The maximum Gasteiger partial charge on any atom is 0.327 e. The number of esters is 2. The predicted octanol–water partition coefficient (Wildman–Crippen LogP) is 0.327. The van der Waals surface area contributed by atoms with Crippen LogP contribution in [0.4, 0.5) is 0 Å². The Morgan fingerprint density at radius 1 is 1.21 bits per heavy atom. The smallest absolute Gasteiger partial charge is 0.327 e. The molecule has 0 radical (unpaired) electrons. The standard InChI is InChI=1S/C8H8N2O4/c1-5(11)13-7-3-4-9-8(10-7)14-6(2)12/h3-4H,1-2H3. The highest BCUT2D eigenvalue weighted by Crippen LogP contribution is 2.09. The van der Waals surface area contributed by atoms with Crippen LogP contribution in [0.3, 0.4) is 0 Å². The molecule has 0 atom stereocenters. The van der Waals surface area contributed by atoms with Gasteiger partial charge < -0.3 is 9.47 Å². The van der Waals surface area contributed by atoms with Gasteiger partial charge in [-0.3, -0.25) is 9.59 Å². The summed E-state index contributed by atoms with van der Waals surface area (Å²) in [5, 5.41) is 0. The Hall–Kier alpha value is -1.98. The first kappa shape index (κ1) is 10.1. The molecule has 0 aliphatic carbocycles. The van der Waals surface area contributed by atoms with Gasteiger partial charge in [0.15, 0.2) is 0 Å². The topological polar surface area (TPSA) is 78.4 Å². The molecule has 6 nitrogen and oxygen atoms in total. The van der Waals surface area contributed by atoms with Crippen molar-refractivity contribution >= 4 is 11.9 Å². The highest BCUT2D eigenvalue weighted by Gasteiger charge is 2.05. The van der Waals surface area contributed by atoms with Gasteiger partial charge in [-0.2, -0.15) is 4.98 Å². The van der Waals surface area contributed by atoms with Gasteiger partial charge in [0, 0.05) is 26.1 Å². The fourth-order valence-electron chi connectivity index (χ4n) is 0.707. The number of hydrogen-bond donors (Lipinski definition) is 0. The second-order valence-corrected chi connectivity index (χ2v) is 2.36. The Kier molecular flexibility index (Phi) is 3.11. The molecular formula is C8H8N2O4. The third-order valence-electron chi connectivity index (χ3n) is 1.09. The zero-order valence-corrected chi connectivity index (χ0v) is 7.68. The summed E-state index contributed by atoms with van der Waals surface area (Å²) < 4.78 is 9.24. The molecule has 1 heterocycles. The van der Waals surface area contributed by atoms with Gasteiger partial charge in [0.1, 0.15) is 0 Å². The van der Waals surface area contributed by atoms with Gasteiger partial charge in [-0.25, -0.2) is 4.98 Å². The van der Waals surface area contributed by atoms with Crippen LogP contribution < -0.4 is 9.47 Å². The number of nitrogens with zero attached hydrogens (tertiary/aromatic N) is 2. The van der Waals surface area contributed by atoms with E-state index in [1.54, 1.807) is 0 Å². The lowest BCUT2D eigenvalue weighted by molar-refractivity contribution is -0.132. The molecule has 0 aromatic carbocycles. The van der Waals surface area contributed by atoms with Crippen LogP contribution in [0.15, 0.2) is 12.3 Å². The highest BCUT2D eigenvalue weighted by atomic mass is 16.6. The molecule has 1 aromatic rings. The molecule has 1 rings (SSSR count). The van der Waals surface area contributed by atoms with Gasteiger partial charge >= 0.3 is 17.9 Å². The number of aromatic nitrogens is 2. The molecule has 1 aromatic heterocycles. The maximum absolute atomic E-state index is 10.6. The van der Waals surface area contributed by atoms with E-state index in [4.69, 9.17) is 0 Å². The van der Waals surface area contributed by atoms with Gasteiger partial charge in [-0.15, -0.1) is 0 Å². The molecule has 6 heteroatoms. The van der Waals surface area contributed by atoms with Crippen LogP contribution in [0.25, 0.3) is 0 Å². The van der Waals surface area contributed by atoms with E-state index in [9.17, 15) is 9.59 Å².